The number of unbranched alkanes of at least 4 members (excludes halogenated alkanes) is 9. The fraction of sp³-hybridized carbons (Fsp3) is 0.659. The van der Waals surface area contributed by atoms with Crippen molar-refractivity contribution in [3.8, 4) is 0 Å². The van der Waals surface area contributed by atoms with E-state index in [4.69, 9.17) is 9.98 Å². The molecule has 250 valence electrons. The van der Waals surface area contributed by atoms with E-state index in [1.54, 1.807) is 0 Å². The van der Waals surface area contributed by atoms with Crippen LogP contribution in [0.2, 0.25) is 0 Å². The summed E-state index contributed by atoms with van der Waals surface area (Å²) in [5, 5.41) is 0. The molecule has 0 radical (unpaired) electrons. The minimum atomic E-state index is 0. The van der Waals surface area contributed by atoms with Crippen molar-refractivity contribution in [2.24, 2.45) is 9.98 Å². The quantitative estimate of drug-likeness (QED) is 0.0617. The first-order valence-electron chi connectivity index (χ1n) is 18.5. The van der Waals surface area contributed by atoms with Crippen LogP contribution in [-0.2, 0) is 42.2 Å². The van der Waals surface area contributed by atoms with Crippen molar-refractivity contribution in [2.75, 3.05) is 0 Å². The van der Waals surface area contributed by atoms with Gasteiger partial charge in [-0.15, -0.1) is 0 Å². The van der Waals surface area contributed by atoms with E-state index in [0.717, 1.165) is 37.1 Å². The summed E-state index contributed by atoms with van der Waals surface area (Å²) in [5.74, 6) is 0. The number of hydrogen-bond donors (Lipinski definition) is 0. The minimum Gasteiger partial charge on any atom is -0.252 e. The van der Waals surface area contributed by atoms with Gasteiger partial charge in [0.05, 0.1) is 22.8 Å². The maximum absolute atomic E-state index is 5.44. The Hall–Kier alpha value is -1.73. The summed E-state index contributed by atoms with van der Waals surface area (Å²) < 4.78 is 0. The van der Waals surface area contributed by atoms with E-state index in [-0.39, 0.29) is 16.5 Å². The number of nitrogens with zero attached hydrogens (tertiary/aromatic N) is 2. The zero-order valence-corrected chi connectivity index (χ0v) is 30.5. The molecule has 2 nitrogen and oxygen atoms in total. The summed E-state index contributed by atoms with van der Waals surface area (Å²) in [5.41, 5.74) is 10.8. The SMILES string of the molecule is CCCCCCC(=N\c1ccc(CCCC)c(CCCC)c1)/C(CCCCC)=N/c1ccc(CCCC)c(CCCC)c1.[Ni]. The van der Waals surface area contributed by atoms with Crippen molar-refractivity contribution in [3.05, 3.63) is 58.7 Å². The molecule has 0 aliphatic heterocycles. The zero-order chi connectivity index (χ0) is 31.1. The van der Waals surface area contributed by atoms with Gasteiger partial charge in [0, 0.05) is 16.5 Å². The molecule has 2 aromatic rings. The Morgan fingerprint density at radius 3 is 1.14 bits per heavy atom. The minimum absolute atomic E-state index is 0. The Morgan fingerprint density at radius 2 is 0.750 bits per heavy atom. The third-order valence-corrected chi connectivity index (χ3v) is 8.72. The standard InChI is InChI=1S/C41H66N2.Ni/c1-7-13-19-21-27-41(43-39-31-29-35(23-16-10-4)37(33-39)25-18-12-6)40(26-20-14-8-2)42-38-30-28-34(22-15-9-3)36(32-38)24-17-11-5;/h28-33H,7-27H2,1-6H3;/b42-40+,43-41+;. The normalized spacial score (nSPS) is 12.0. The molecule has 0 amide bonds. The van der Waals surface area contributed by atoms with Crippen LogP contribution in [0, 0.1) is 0 Å². The average molecular weight is 646 g/mol. The van der Waals surface area contributed by atoms with Crippen LogP contribution >= 0.6 is 0 Å². The van der Waals surface area contributed by atoms with Gasteiger partial charge in [-0.3, -0.25) is 9.98 Å². The van der Waals surface area contributed by atoms with E-state index in [9.17, 15) is 0 Å². The molecule has 0 saturated carbocycles. The Labute approximate surface area is 283 Å². The fourth-order valence-corrected chi connectivity index (χ4v) is 5.89. The molecule has 2 aromatic carbocycles. The summed E-state index contributed by atoms with van der Waals surface area (Å²) in [4.78, 5) is 10.9. The van der Waals surface area contributed by atoms with E-state index in [2.05, 4.69) is 77.9 Å². The maximum Gasteiger partial charge on any atom is 0.0636 e. The Morgan fingerprint density at radius 1 is 0.409 bits per heavy atom. The first-order chi connectivity index (χ1) is 21.1. The van der Waals surface area contributed by atoms with Gasteiger partial charge >= 0.3 is 0 Å². The van der Waals surface area contributed by atoms with Crippen molar-refractivity contribution < 1.29 is 16.5 Å². The molecule has 0 aliphatic carbocycles. The Kier molecular flexibility index (Phi) is 23.3. The van der Waals surface area contributed by atoms with Crippen molar-refractivity contribution in [3.63, 3.8) is 0 Å². The summed E-state index contributed by atoms with van der Waals surface area (Å²) >= 11 is 0. The van der Waals surface area contributed by atoms with Gasteiger partial charge in [0.25, 0.3) is 0 Å². The van der Waals surface area contributed by atoms with Gasteiger partial charge in [0.1, 0.15) is 0 Å². The van der Waals surface area contributed by atoms with Gasteiger partial charge in [0.2, 0.25) is 0 Å². The molecular formula is C41H66N2Ni. The summed E-state index contributed by atoms with van der Waals surface area (Å²) in [6, 6.07) is 14.1. The average Bonchev–Trinajstić information content (AvgIpc) is 3.02. The molecule has 2 rings (SSSR count). The van der Waals surface area contributed by atoms with Gasteiger partial charge in [-0.25, -0.2) is 0 Å². The number of benzene rings is 2. The molecular weight excluding hydrogens is 579 g/mol. The Bertz CT molecular complexity index is 1080. The third kappa shape index (κ3) is 15.5. The fourth-order valence-electron chi connectivity index (χ4n) is 5.89. The molecule has 0 aromatic heterocycles. The van der Waals surface area contributed by atoms with Gasteiger partial charge in [0.15, 0.2) is 0 Å². The largest absolute Gasteiger partial charge is 0.252 e. The van der Waals surface area contributed by atoms with Crippen molar-refractivity contribution in [2.45, 2.75) is 176 Å². The molecule has 0 N–H and O–H groups in total. The molecule has 0 unspecified atom stereocenters. The summed E-state index contributed by atoms with van der Waals surface area (Å²) in [6.45, 7) is 13.8. The molecule has 44 heavy (non-hydrogen) atoms. The number of hydrogen-bond acceptors (Lipinski definition) is 2. The van der Waals surface area contributed by atoms with E-state index in [1.807, 2.05) is 0 Å². The molecule has 0 heterocycles. The van der Waals surface area contributed by atoms with Crippen LogP contribution < -0.4 is 0 Å². The number of aliphatic imine (C=N–C) groups is 2. The number of aryl methyl sites for hydroxylation is 4. The summed E-state index contributed by atoms with van der Waals surface area (Å²) in [6.07, 6.45) is 25.3. The van der Waals surface area contributed by atoms with Crippen LogP contribution in [0.15, 0.2) is 46.4 Å². The van der Waals surface area contributed by atoms with Crippen molar-refractivity contribution >= 4 is 22.8 Å². The Balaban J connectivity index is 0.00000968. The van der Waals surface area contributed by atoms with Gasteiger partial charge in [-0.2, -0.15) is 0 Å². The monoisotopic (exact) mass is 644 g/mol. The van der Waals surface area contributed by atoms with Gasteiger partial charge < -0.3 is 0 Å². The van der Waals surface area contributed by atoms with E-state index < -0.39 is 0 Å². The third-order valence-electron chi connectivity index (χ3n) is 8.72. The summed E-state index contributed by atoms with van der Waals surface area (Å²) in [7, 11) is 0. The zero-order valence-electron chi connectivity index (χ0n) is 29.5. The molecule has 0 spiro atoms. The predicted molar refractivity (Wildman–Crippen MR) is 194 cm³/mol. The van der Waals surface area contributed by atoms with Crippen LogP contribution in [0.5, 0.6) is 0 Å². The molecule has 0 bridgehead atoms. The predicted octanol–water partition coefficient (Wildman–Crippen LogP) is 13.5. The van der Waals surface area contributed by atoms with Crippen LogP contribution in [-0.4, -0.2) is 11.4 Å². The molecule has 0 atom stereocenters. The second-order valence-electron chi connectivity index (χ2n) is 12.7. The van der Waals surface area contributed by atoms with Crippen molar-refractivity contribution in [1.29, 1.82) is 0 Å². The second-order valence-corrected chi connectivity index (χ2v) is 12.7. The van der Waals surface area contributed by atoms with Gasteiger partial charge in [-0.1, -0.05) is 111 Å². The molecule has 0 aliphatic rings. The molecule has 3 heteroatoms. The van der Waals surface area contributed by atoms with Crippen LogP contribution in [0.3, 0.4) is 0 Å². The van der Waals surface area contributed by atoms with E-state index >= 15 is 0 Å². The molecule has 0 fully saturated rings. The smallest absolute Gasteiger partial charge is 0.0636 e. The van der Waals surface area contributed by atoms with Crippen LogP contribution in [0.1, 0.15) is 173 Å². The maximum atomic E-state index is 5.44. The first kappa shape index (κ1) is 40.3. The number of rotatable bonds is 24. The first-order valence-corrected chi connectivity index (χ1v) is 18.5. The second kappa shape index (κ2) is 25.5. The van der Waals surface area contributed by atoms with E-state index in [1.165, 1.54) is 143 Å². The van der Waals surface area contributed by atoms with E-state index in [0.29, 0.717) is 0 Å². The van der Waals surface area contributed by atoms with Crippen molar-refractivity contribution in [1.82, 2.24) is 0 Å². The van der Waals surface area contributed by atoms with Crippen LogP contribution in [0.4, 0.5) is 11.4 Å². The molecule has 0 saturated heterocycles. The van der Waals surface area contributed by atoms with Crippen LogP contribution in [0.25, 0.3) is 0 Å². The topological polar surface area (TPSA) is 24.7 Å². The van der Waals surface area contributed by atoms with Gasteiger partial charge in [-0.05, 0) is 124 Å².